The number of carbonyl (C=O) groups is 2. The lowest BCUT2D eigenvalue weighted by molar-refractivity contribution is -0.134. The number of amides is 2. The van der Waals surface area contributed by atoms with Crippen LogP contribution in [0.3, 0.4) is 0 Å². The molecule has 0 radical (unpaired) electrons. The minimum atomic E-state index is -0.292. The molecule has 1 atom stereocenters. The highest BCUT2D eigenvalue weighted by Crippen LogP contribution is 2.33. The number of hydrogen-bond acceptors (Lipinski definition) is 6. The molecule has 2 amide bonds. The third-order valence-corrected chi connectivity index (χ3v) is 6.29. The molecule has 0 saturated carbocycles. The highest BCUT2D eigenvalue weighted by molar-refractivity contribution is 6.03. The summed E-state index contributed by atoms with van der Waals surface area (Å²) in [6.07, 6.45) is 0.346. The van der Waals surface area contributed by atoms with Gasteiger partial charge in [-0.25, -0.2) is 9.80 Å². The fourth-order valence-corrected chi connectivity index (χ4v) is 4.33. The molecule has 4 rings (SSSR count). The SMILES string of the molecule is CCOC(=O)N1CCN(CC(=O)N2N=C(c3cccc(OC)c3)C[C@H]2c2ccc(C)cc2)CC1. The molecule has 2 aromatic carbocycles. The van der Waals surface area contributed by atoms with Crippen molar-refractivity contribution in [3.63, 3.8) is 0 Å². The second-order valence-corrected chi connectivity index (χ2v) is 8.61. The van der Waals surface area contributed by atoms with Crippen LogP contribution >= 0.6 is 0 Å². The van der Waals surface area contributed by atoms with Crippen molar-refractivity contribution in [2.24, 2.45) is 5.10 Å². The zero-order valence-corrected chi connectivity index (χ0v) is 20.1. The van der Waals surface area contributed by atoms with Crippen molar-refractivity contribution < 1.29 is 19.1 Å². The van der Waals surface area contributed by atoms with Crippen molar-refractivity contribution in [3.8, 4) is 5.75 Å². The normalized spacial score (nSPS) is 18.6. The smallest absolute Gasteiger partial charge is 0.409 e. The summed E-state index contributed by atoms with van der Waals surface area (Å²) in [5, 5.41) is 6.42. The van der Waals surface area contributed by atoms with Crippen LogP contribution in [0.15, 0.2) is 53.6 Å². The number of ether oxygens (including phenoxy) is 2. The van der Waals surface area contributed by atoms with Crippen LogP contribution in [0.25, 0.3) is 0 Å². The number of nitrogens with zero attached hydrogens (tertiary/aromatic N) is 4. The minimum absolute atomic E-state index is 0.0481. The third kappa shape index (κ3) is 5.39. The van der Waals surface area contributed by atoms with Gasteiger partial charge in [-0.15, -0.1) is 0 Å². The summed E-state index contributed by atoms with van der Waals surface area (Å²) in [5.74, 6) is 0.712. The Morgan fingerprint density at radius 2 is 1.79 bits per heavy atom. The standard InChI is InChI=1S/C26H32N4O4/c1-4-34-26(32)29-14-12-28(13-15-29)18-25(31)30-24(20-10-8-19(2)9-11-20)17-23(27-30)21-6-5-7-22(16-21)33-3/h5-11,16,24H,4,12-15,17-18H2,1-3H3/t24-/m0/s1. The molecule has 1 saturated heterocycles. The van der Waals surface area contributed by atoms with Crippen molar-refractivity contribution in [1.29, 1.82) is 0 Å². The van der Waals surface area contributed by atoms with Gasteiger partial charge in [0.15, 0.2) is 0 Å². The van der Waals surface area contributed by atoms with Gasteiger partial charge in [-0.1, -0.05) is 42.0 Å². The Hall–Kier alpha value is -3.39. The molecule has 2 aliphatic heterocycles. The summed E-state index contributed by atoms with van der Waals surface area (Å²) in [6.45, 7) is 6.81. The lowest BCUT2D eigenvalue weighted by Crippen LogP contribution is -2.51. The van der Waals surface area contributed by atoms with Crippen LogP contribution in [0.2, 0.25) is 0 Å². The number of carbonyl (C=O) groups excluding carboxylic acids is 2. The van der Waals surface area contributed by atoms with E-state index in [2.05, 4.69) is 36.1 Å². The lowest BCUT2D eigenvalue weighted by Gasteiger charge is -2.34. The van der Waals surface area contributed by atoms with Gasteiger partial charge in [0.1, 0.15) is 5.75 Å². The van der Waals surface area contributed by atoms with E-state index in [4.69, 9.17) is 14.6 Å². The average molecular weight is 465 g/mol. The predicted octanol–water partition coefficient (Wildman–Crippen LogP) is 3.46. The van der Waals surface area contributed by atoms with Crippen LogP contribution in [0.1, 0.15) is 36.1 Å². The Labute approximate surface area is 200 Å². The quantitative estimate of drug-likeness (QED) is 0.655. The molecule has 2 aromatic rings. The summed E-state index contributed by atoms with van der Waals surface area (Å²) in [7, 11) is 1.64. The van der Waals surface area contributed by atoms with Crippen LogP contribution in [0.5, 0.6) is 5.75 Å². The van der Waals surface area contributed by atoms with Gasteiger partial charge in [-0.05, 0) is 31.5 Å². The van der Waals surface area contributed by atoms with E-state index in [1.165, 1.54) is 5.56 Å². The highest BCUT2D eigenvalue weighted by atomic mass is 16.6. The topological polar surface area (TPSA) is 74.7 Å². The molecule has 2 aliphatic rings. The summed E-state index contributed by atoms with van der Waals surface area (Å²) >= 11 is 0. The Morgan fingerprint density at radius 1 is 1.06 bits per heavy atom. The summed E-state index contributed by atoms with van der Waals surface area (Å²) in [4.78, 5) is 29.2. The van der Waals surface area contributed by atoms with Gasteiger partial charge in [0.05, 0.1) is 32.0 Å². The summed E-state index contributed by atoms with van der Waals surface area (Å²) in [5.41, 5.74) is 4.06. The summed E-state index contributed by atoms with van der Waals surface area (Å²) < 4.78 is 10.5. The number of piperazine rings is 1. The minimum Gasteiger partial charge on any atom is -0.497 e. The van der Waals surface area contributed by atoms with E-state index in [1.54, 1.807) is 23.9 Å². The van der Waals surface area contributed by atoms with E-state index < -0.39 is 0 Å². The Bertz CT molecular complexity index is 1050. The molecule has 0 N–H and O–H groups in total. The van der Waals surface area contributed by atoms with Crippen molar-refractivity contribution in [1.82, 2.24) is 14.8 Å². The zero-order chi connectivity index (χ0) is 24.1. The van der Waals surface area contributed by atoms with E-state index in [1.807, 2.05) is 24.3 Å². The molecule has 0 bridgehead atoms. The van der Waals surface area contributed by atoms with Crippen LogP contribution < -0.4 is 4.74 Å². The van der Waals surface area contributed by atoms with Gasteiger partial charge >= 0.3 is 6.09 Å². The number of methoxy groups -OCH3 is 1. The van der Waals surface area contributed by atoms with E-state index in [0.717, 1.165) is 22.6 Å². The Morgan fingerprint density at radius 3 is 2.47 bits per heavy atom. The molecule has 0 unspecified atom stereocenters. The fourth-order valence-electron chi connectivity index (χ4n) is 4.33. The second-order valence-electron chi connectivity index (χ2n) is 8.61. The first-order valence-electron chi connectivity index (χ1n) is 11.7. The molecule has 0 aliphatic carbocycles. The number of benzene rings is 2. The lowest BCUT2D eigenvalue weighted by atomic mass is 9.97. The average Bonchev–Trinajstić information content (AvgIpc) is 3.31. The maximum absolute atomic E-state index is 13.4. The number of hydrogen-bond donors (Lipinski definition) is 0. The number of hydrazone groups is 1. The van der Waals surface area contributed by atoms with Crippen molar-refractivity contribution in [3.05, 3.63) is 65.2 Å². The van der Waals surface area contributed by atoms with E-state index in [-0.39, 0.29) is 24.6 Å². The summed E-state index contributed by atoms with van der Waals surface area (Å²) in [6, 6.07) is 15.9. The second kappa shape index (κ2) is 10.7. The Balaban J connectivity index is 1.50. The molecule has 1 fully saturated rings. The fraction of sp³-hybridized carbons (Fsp3) is 0.423. The maximum Gasteiger partial charge on any atom is 0.409 e. The zero-order valence-electron chi connectivity index (χ0n) is 20.1. The van der Waals surface area contributed by atoms with Crippen LogP contribution in [-0.2, 0) is 9.53 Å². The molecular formula is C26H32N4O4. The molecule has 0 spiro atoms. The van der Waals surface area contributed by atoms with Gasteiger partial charge in [-0.3, -0.25) is 9.69 Å². The predicted molar refractivity (Wildman–Crippen MR) is 130 cm³/mol. The molecule has 8 nitrogen and oxygen atoms in total. The van der Waals surface area contributed by atoms with E-state index in [0.29, 0.717) is 39.2 Å². The first-order valence-corrected chi connectivity index (χ1v) is 11.7. The van der Waals surface area contributed by atoms with Crippen LogP contribution in [0.4, 0.5) is 4.79 Å². The first-order chi connectivity index (χ1) is 16.5. The van der Waals surface area contributed by atoms with E-state index >= 15 is 0 Å². The number of aryl methyl sites for hydroxylation is 1. The Kier molecular flexibility index (Phi) is 7.47. The van der Waals surface area contributed by atoms with Crippen LogP contribution in [-0.4, -0.2) is 79.0 Å². The third-order valence-electron chi connectivity index (χ3n) is 6.29. The molecule has 0 aromatic heterocycles. The first kappa shape index (κ1) is 23.8. The molecule has 2 heterocycles. The molecular weight excluding hydrogens is 432 g/mol. The monoisotopic (exact) mass is 464 g/mol. The largest absolute Gasteiger partial charge is 0.497 e. The van der Waals surface area contributed by atoms with E-state index in [9.17, 15) is 9.59 Å². The van der Waals surface area contributed by atoms with Crippen LogP contribution in [0, 0.1) is 6.92 Å². The number of rotatable bonds is 6. The van der Waals surface area contributed by atoms with Crippen molar-refractivity contribution >= 4 is 17.7 Å². The van der Waals surface area contributed by atoms with Gasteiger partial charge in [0, 0.05) is 38.2 Å². The van der Waals surface area contributed by atoms with Gasteiger partial charge in [-0.2, -0.15) is 5.10 Å². The highest BCUT2D eigenvalue weighted by Gasteiger charge is 2.34. The van der Waals surface area contributed by atoms with Crippen molar-refractivity contribution in [2.45, 2.75) is 26.3 Å². The van der Waals surface area contributed by atoms with Gasteiger partial charge < -0.3 is 14.4 Å². The molecule has 180 valence electrons. The molecule has 8 heteroatoms. The van der Waals surface area contributed by atoms with Gasteiger partial charge in [0.2, 0.25) is 0 Å². The van der Waals surface area contributed by atoms with Crippen molar-refractivity contribution in [2.75, 3.05) is 46.4 Å². The van der Waals surface area contributed by atoms with Gasteiger partial charge in [0.25, 0.3) is 5.91 Å². The molecule has 34 heavy (non-hydrogen) atoms. The maximum atomic E-state index is 13.4.